The Labute approximate surface area is 271 Å². The highest BCUT2D eigenvalue weighted by Gasteiger charge is 2.20. The molecule has 0 aliphatic heterocycles. The first-order chi connectivity index (χ1) is 23.3. The van der Waals surface area contributed by atoms with E-state index in [1.807, 2.05) is 60.7 Å². The lowest BCUT2D eigenvalue weighted by Gasteiger charge is -2.26. The van der Waals surface area contributed by atoms with E-state index in [1.165, 1.54) is 11.1 Å². The van der Waals surface area contributed by atoms with Crippen molar-refractivity contribution in [1.82, 2.24) is 4.98 Å². The number of hydrogen-bond donors (Lipinski definition) is 0. The van der Waals surface area contributed by atoms with Gasteiger partial charge in [-0.15, -0.1) is 0 Å². The minimum absolute atomic E-state index is 0.619. The Morgan fingerprint density at radius 2 is 1.00 bits per heavy atom. The first kappa shape index (κ1) is 27.0. The highest BCUT2D eigenvalue weighted by atomic mass is 16.3. The van der Waals surface area contributed by atoms with Gasteiger partial charge in [-0.3, -0.25) is 0 Å². The SMILES string of the molecule is c1ccc(-c2ccc(N(c3ccc(-c4cccc5nc(-c6ccccc6)oc45)cc3)c3cccc4c3oc3ccccc34)cc2)cc1. The van der Waals surface area contributed by atoms with Crippen molar-refractivity contribution in [2.75, 3.05) is 4.90 Å². The van der Waals surface area contributed by atoms with Gasteiger partial charge in [0.15, 0.2) is 11.2 Å². The summed E-state index contributed by atoms with van der Waals surface area (Å²) >= 11 is 0. The van der Waals surface area contributed by atoms with Gasteiger partial charge in [0.1, 0.15) is 11.1 Å². The number of oxazole rings is 1. The smallest absolute Gasteiger partial charge is 0.227 e. The van der Waals surface area contributed by atoms with Gasteiger partial charge in [-0.05, 0) is 71.3 Å². The summed E-state index contributed by atoms with van der Waals surface area (Å²) in [4.78, 5) is 7.05. The Balaban J connectivity index is 1.16. The number of rotatable bonds is 6. The van der Waals surface area contributed by atoms with Crippen molar-refractivity contribution in [3.05, 3.63) is 170 Å². The third-order valence-corrected chi connectivity index (χ3v) is 8.73. The van der Waals surface area contributed by atoms with Crippen molar-refractivity contribution in [1.29, 1.82) is 0 Å². The summed E-state index contributed by atoms with van der Waals surface area (Å²) in [6.07, 6.45) is 0. The maximum Gasteiger partial charge on any atom is 0.227 e. The summed E-state index contributed by atoms with van der Waals surface area (Å²) in [7, 11) is 0. The molecule has 0 aliphatic rings. The number of furan rings is 1. The minimum atomic E-state index is 0.619. The minimum Gasteiger partial charge on any atom is -0.454 e. The zero-order valence-electron chi connectivity index (χ0n) is 25.4. The number of anilines is 3. The van der Waals surface area contributed by atoms with Gasteiger partial charge in [0.2, 0.25) is 5.89 Å². The van der Waals surface area contributed by atoms with Crippen LogP contribution in [-0.4, -0.2) is 4.98 Å². The van der Waals surface area contributed by atoms with Crippen molar-refractivity contribution >= 4 is 50.1 Å². The van der Waals surface area contributed by atoms with Gasteiger partial charge in [-0.1, -0.05) is 115 Å². The van der Waals surface area contributed by atoms with Crippen LogP contribution < -0.4 is 4.90 Å². The Morgan fingerprint density at radius 1 is 0.404 bits per heavy atom. The Hall–Kier alpha value is -6.39. The van der Waals surface area contributed by atoms with E-state index < -0.39 is 0 Å². The van der Waals surface area contributed by atoms with E-state index in [2.05, 4.69) is 114 Å². The lowest BCUT2D eigenvalue weighted by atomic mass is 10.0. The summed E-state index contributed by atoms with van der Waals surface area (Å²) < 4.78 is 12.9. The maximum absolute atomic E-state index is 6.52. The third-order valence-electron chi connectivity index (χ3n) is 8.73. The van der Waals surface area contributed by atoms with Crippen LogP contribution in [0.15, 0.2) is 179 Å². The van der Waals surface area contributed by atoms with E-state index in [0.717, 1.165) is 66.8 Å². The second-order valence-corrected chi connectivity index (χ2v) is 11.6. The molecule has 0 bridgehead atoms. The Bertz CT molecular complexity index is 2500. The molecule has 0 unspecified atom stereocenters. The maximum atomic E-state index is 6.52. The largest absolute Gasteiger partial charge is 0.454 e. The standard InChI is InChI=1S/C43H28N2O2/c1-3-11-29(12-4-1)30-21-25-33(26-22-30)45(39-19-10-17-37-36-15-7-8-20-40(36)46-42(37)39)34-27-23-31(24-28-34)35-16-9-18-38-41(35)47-43(44-38)32-13-5-2-6-14-32/h1-28H. The molecule has 0 spiro atoms. The Morgan fingerprint density at radius 3 is 1.74 bits per heavy atom. The quantitative estimate of drug-likeness (QED) is 0.189. The van der Waals surface area contributed by atoms with E-state index in [9.17, 15) is 0 Å². The van der Waals surface area contributed by atoms with Crippen LogP contribution in [0.25, 0.3) is 66.7 Å². The lowest BCUT2D eigenvalue weighted by molar-refractivity contribution is 0.621. The number of fused-ring (bicyclic) bond motifs is 4. The molecule has 4 heteroatoms. The topological polar surface area (TPSA) is 42.4 Å². The molecule has 4 nitrogen and oxygen atoms in total. The molecule has 2 aromatic heterocycles. The van der Waals surface area contributed by atoms with Crippen LogP contribution in [0.1, 0.15) is 0 Å². The van der Waals surface area contributed by atoms with Crippen LogP contribution in [0.3, 0.4) is 0 Å². The van der Waals surface area contributed by atoms with Crippen LogP contribution in [0.4, 0.5) is 17.1 Å². The molecule has 47 heavy (non-hydrogen) atoms. The molecule has 9 rings (SSSR count). The molecule has 7 aromatic carbocycles. The van der Waals surface area contributed by atoms with Gasteiger partial charge in [0.05, 0.1) is 5.69 Å². The fourth-order valence-electron chi connectivity index (χ4n) is 6.44. The highest BCUT2D eigenvalue weighted by Crippen LogP contribution is 2.43. The summed E-state index contributed by atoms with van der Waals surface area (Å²) in [6, 6.07) is 58.5. The molecule has 0 fully saturated rings. The molecule has 0 saturated heterocycles. The normalized spacial score (nSPS) is 11.4. The van der Waals surface area contributed by atoms with Crippen LogP contribution in [0.2, 0.25) is 0 Å². The van der Waals surface area contributed by atoms with Crippen molar-refractivity contribution in [3.8, 4) is 33.7 Å². The first-order valence-corrected chi connectivity index (χ1v) is 15.7. The van der Waals surface area contributed by atoms with E-state index in [0.29, 0.717) is 5.89 Å². The molecule has 0 atom stereocenters. The third kappa shape index (κ3) is 4.75. The van der Waals surface area contributed by atoms with Crippen molar-refractivity contribution in [3.63, 3.8) is 0 Å². The second-order valence-electron chi connectivity index (χ2n) is 11.6. The molecule has 0 aliphatic carbocycles. The number of hydrogen-bond acceptors (Lipinski definition) is 4. The van der Waals surface area contributed by atoms with Gasteiger partial charge >= 0.3 is 0 Å². The molecule has 0 radical (unpaired) electrons. The van der Waals surface area contributed by atoms with Gasteiger partial charge < -0.3 is 13.7 Å². The lowest BCUT2D eigenvalue weighted by Crippen LogP contribution is -2.10. The monoisotopic (exact) mass is 604 g/mol. The van der Waals surface area contributed by atoms with E-state index in [4.69, 9.17) is 13.8 Å². The molecule has 9 aromatic rings. The molecule has 0 amide bonds. The molecular formula is C43H28N2O2. The fraction of sp³-hybridized carbons (Fsp3) is 0. The van der Waals surface area contributed by atoms with E-state index in [1.54, 1.807) is 0 Å². The summed E-state index contributed by atoms with van der Waals surface area (Å²) in [6.45, 7) is 0. The molecule has 0 N–H and O–H groups in total. The van der Waals surface area contributed by atoms with Crippen LogP contribution in [0.5, 0.6) is 0 Å². The van der Waals surface area contributed by atoms with E-state index in [-0.39, 0.29) is 0 Å². The van der Waals surface area contributed by atoms with Gasteiger partial charge in [-0.25, -0.2) is 4.98 Å². The first-order valence-electron chi connectivity index (χ1n) is 15.7. The molecule has 2 heterocycles. The molecule has 0 saturated carbocycles. The zero-order chi connectivity index (χ0) is 31.2. The van der Waals surface area contributed by atoms with Crippen LogP contribution in [-0.2, 0) is 0 Å². The van der Waals surface area contributed by atoms with Crippen molar-refractivity contribution < 1.29 is 8.83 Å². The van der Waals surface area contributed by atoms with Crippen LogP contribution >= 0.6 is 0 Å². The van der Waals surface area contributed by atoms with Gasteiger partial charge in [0, 0.05) is 33.3 Å². The second kappa shape index (κ2) is 11.2. The van der Waals surface area contributed by atoms with E-state index >= 15 is 0 Å². The van der Waals surface area contributed by atoms with Crippen molar-refractivity contribution in [2.24, 2.45) is 0 Å². The highest BCUT2D eigenvalue weighted by molar-refractivity contribution is 6.10. The summed E-state index contributed by atoms with van der Waals surface area (Å²) in [5.41, 5.74) is 11.7. The molecular weight excluding hydrogens is 576 g/mol. The van der Waals surface area contributed by atoms with Gasteiger partial charge in [0.25, 0.3) is 0 Å². The van der Waals surface area contributed by atoms with Crippen molar-refractivity contribution in [2.45, 2.75) is 0 Å². The van der Waals surface area contributed by atoms with Gasteiger partial charge in [-0.2, -0.15) is 0 Å². The molecule has 222 valence electrons. The van der Waals surface area contributed by atoms with Crippen LogP contribution in [0, 0.1) is 0 Å². The number of para-hydroxylation sites is 3. The number of benzene rings is 7. The number of nitrogens with zero attached hydrogens (tertiary/aromatic N) is 2. The average molecular weight is 605 g/mol. The predicted molar refractivity (Wildman–Crippen MR) is 192 cm³/mol. The zero-order valence-corrected chi connectivity index (χ0v) is 25.4. The number of aromatic nitrogens is 1. The summed E-state index contributed by atoms with van der Waals surface area (Å²) in [5, 5.41) is 2.20. The predicted octanol–water partition coefficient (Wildman–Crippen LogP) is 12.2. The average Bonchev–Trinajstić information content (AvgIpc) is 3.76. The Kier molecular flexibility index (Phi) is 6.43. The summed E-state index contributed by atoms with van der Waals surface area (Å²) in [5.74, 6) is 0.619. The fourth-order valence-corrected chi connectivity index (χ4v) is 6.44.